The molecule has 2 rings (SSSR count). The van der Waals surface area contributed by atoms with Crippen molar-refractivity contribution in [3.63, 3.8) is 0 Å². The van der Waals surface area contributed by atoms with Gasteiger partial charge in [0.1, 0.15) is 5.82 Å². The zero-order valence-electron chi connectivity index (χ0n) is 12.3. The predicted octanol–water partition coefficient (Wildman–Crippen LogP) is 3.97. The molecule has 0 spiro atoms. The molecule has 1 saturated heterocycles. The van der Waals surface area contributed by atoms with Crippen molar-refractivity contribution < 1.29 is 4.39 Å². The van der Waals surface area contributed by atoms with Crippen LogP contribution in [0.3, 0.4) is 0 Å². The summed E-state index contributed by atoms with van der Waals surface area (Å²) in [7, 11) is 0. The number of benzene rings is 1. The van der Waals surface area contributed by atoms with E-state index in [9.17, 15) is 4.39 Å². The second-order valence-electron chi connectivity index (χ2n) is 5.87. The van der Waals surface area contributed by atoms with Gasteiger partial charge in [-0.15, -0.1) is 0 Å². The highest BCUT2D eigenvalue weighted by atomic mass is 79.9. The molecule has 0 amide bonds. The molecule has 1 aromatic rings. The Balaban J connectivity index is 1.77. The van der Waals surface area contributed by atoms with Gasteiger partial charge in [0.05, 0.1) is 0 Å². The lowest BCUT2D eigenvalue weighted by Gasteiger charge is -2.30. The third kappa shape index (κ3) is 4.54. The first kappa shape index (κ1) is 15.9. The Bertz CT molecular complexity index is 430. The maximum absolute atomic E-state index is 13.8. The van der Waals surface area contributed by atoms with Crippen molar-refractivity contribution in [1.29, 1.82) is 0 Å². The van der Waals surface area contributed by atoms with Crippen LogP contribution < -0.4 is 5.32 Å². The Morgan fingerprint density at radius 2 is 2.10 bits per heavy atom. The molecule has 1 heterocycles. The Labute approximate surface area is 129 Å². The van der Waals surface area contributed by atoms with Crippen molar-refractivity contribution in [3.8, 4) is 0 Å². The Hall–Kier alpha value is -0.450. The summed E-state index contributed by atoms with van der Waals surface area (Å²) in [5.74, 6) is 0.730. The van der Waals surface area contributed by atoms with Crippen molar-refractivity contribution >= 4 is 15.9 Å². The summed E-state index contributed by atoms with van der Waals surface area (Å²) >= 11 is 3.40. The first-order valence-corrected chi connectivity index (χ1v) is 8.26. The van der Waals surface area contributed by atoms with Crippen LogP contribution in [0.1, 0.15) is 38.3 Å². The van der Waals surface area contributed by atoms with Crippen molar-refractivity contribution in [1.82, 2.24) is 10.2 Å². The quantitative estimate of drug-likeness (QED) is 0.870. The van der Waals surface area contributed by atoms with Crippen LogP contribution in [0.25, 0.3) is 0 Å². The number of nitrogens with zero attached hydrogens (tertiary/aromatic N) is 1. The second-order valence-corrected chi connectivity index (χ2v) is 6.78. The lowest BCUT2D eigenvalue weighted by Crippen LogP contribution is -2.38. The SMILES string of the molecule is CC1CCN(CCNC(C)c2cc(Br)ccc2F)CC1. The zero-order valence-corrected chi connectivity index (χ0v) is 13.9. The fourth-order valence-corrected chi connectivity index (χ4v) is 3.06. The number of likely N-dealkylation sites (tertiary alicyclic amines) is 1. The molecular formula is C16H24BrFN2. The average Bonchev–Trinajstić information content (AvgIpc) is 2.43. The molecule has 0 radical (unpaired) electrons. The highest BCUT2D eigenvalue weighted by Crippen LogP contribution is 2.21. The van der Waals surface area contributed by atoms with E-state index in [2.05, 4.69) is 33.1 Å². The van der Waals surface area contributed by atoms with Gasteiger partial charge in [0.15, 0.2) is 0 Å². The van der Waals surface area contributed by atoms with Gasteiger partial charge < -0.3 is 10.2 Å². The summed E-state index contributed by atoms with van der Waals surface area (Å²) in [6, 6.07) is 5.15. The smallest absolute Gasteiger partial charge is 0.128 e. The van der Waals surface area contributed by atoms with Crippen LogP contribution in [-0.4, -0.2) is 31.1 Å². The standard InChI is InChI=1S/C16H24BrFN2/c1-12-5-8-20(9-6-12)10-7-19-13(2)15-11-14(17)3-4-16(15)18/h3-4,11-13,19H,5-10H2,1-2H3. The molecule has 1 unspecified atom stereocenters. The van der Waals surface area contributed by atoms with E-state index >= 15 is 0 Å². The van der Waals surface area contributed by atoms with Gasteiger partial charge in [-0.25, -0.2) is 4.39 Å². The van der Waals surface area contributed by atoms with Gasteiger partial charge in [0.25, 0.3) is 0 Å². The van der Waals surface area contributed by atoms with Gasteiger partial charge >= 0.3 is 0 Å². The normalized spacial score (nSPS) is 19.2. The molecule has 20 heavy (non-hydrogen) atoms. The number of hydrogen-bond acceptors (Lipinski definition) is 2. The van der Waals surface area contributed by atoms with Crippen LogP contribution in [0.4, 0.5) is 4.39 Å². The fourth-order valence-electron chi connectivity index (χ4n) is 2.68. The van der Waals surface area contributed by atoms with Crippen LogP contribution in [0.2, 0.25) is 0 Å². The minimum atomic E-state index is -0.139. The molecule has 112 valence electrons. The summed E-state index contributed by atoms with van der Waals surface area (Å²) in [4.78, 5) is 2.50. The van der Waals surface area contributed by atoms with Crippen molar-refractivity contribution in [2.45, 2.75) is 32.7 Å². The van der Waals surface area contributed by atoms with E-state index in [4.69, 9.17) is 0 Å². The Morgan fingerprint density at radius 3 is 2.80 bits per heavy atom. The number of rotatable bonds is 5. The van der Waals surface area contributed by atoms with Gasteiger partial charge in [0, 0.05) is 29.2 Å². The van der Waals surface area contributed by atoms with Gasteiger partial charge in [-0.1, -0.05) is 22.9 Å². The van der Waals surface area contributed by atoms with Crippen LogP contribution in [0, 0.1) is 11.7 Å². The maximum Gasteiger partial charge on any atom is 0.128 e. The molecular weight excluding hydrogens is 319 g/mol. The van der Waals surface area contributed by atoms with E-state index < -0.39 is 0 Å². The minimum absolute atomic E-state index is 0.0382. The third-order valence-corrected chi connectivity index (χ3v) is 4.67. The molecule has 2 nitrogen and oxygen atoms in total. The highest BCUT2D eigenvalue weighted by Gasteiger charge is 2.16. The predicted molar refractivity (Wildman–Crippen MR) is 85.4 cm³/mol. The summed E-state index contributed by atoms with van der Waals surface area (Å²) in [5.41, 5.74) is 0.728. The molecule has 1 aliphatic rings. The van der Waals surface area contributed by atoms with Gasteiger partial charge in [-0.05, 0) is 57.0 Å². The molecule has 1 fully saturated rings. The molecule has 0 saturated carbocycles. The van der Waals surface area contributed by atoms with E-state index in [0.717, 1.165) is 29.0 Å². The monoisotopic (exact) mass is 342 g/mol. The van der Waals surface area contributed by atoms with E-state index in [1.54, 1.807) is 6.07 Å². The zero-order chi connectivity index (χ0) is 14.5. The molecule has 1 aliphatic heterocycles. The van der Waals surface area contributed by atoms with Crippen LogP contribution >= 0.6 is 15.9 Å². The summed E-state index contributed by atoms with van der Waals surface area (Å²) in [6.45, 7) is 8.69. The van der Waals surface area contributed by atoms with E-state index in [1.807, 2.05) is 13.0 Å². The van der Waals surface area contributed by atoms with Crippen molar-refractivity contribution in [2.24, 2.45) is 5.92 Å². The molecule has 0 bridgehead atoms. The Kier molecular flexibility index (Phi) is 6.00. The first-order valence-electron chi connectivity index (χ1n) is 7.47. The summed E-state index contributed by atoms with van der Waals surface area (Å²) < 4.78 is 14.7. The molecule has 0 aromatic heterocycles. The minimum Gasteiger partial charge on any atom is -0.309 e. The fraction of sp³-hybridized carbons (Fsp3) is 0.625. The molecule has 1 aromatic carbocycles. The van der Waals surface area contributed by atoms with Gasteiger partial charge in [-0.2, -0.15) is 0 Å². The van der Waals surface area contributed by atoms with Gasteiger partial charge in [-0.3, -0.25) is 0 Å². The molecule has 1 atom stereocenters. The third-order valence-electron chi connectivity index (χ3n) is 4.18. The Morgan fingerprint density at radius 1 is 1.40 bits per heavy atom. The largest absolute Gasteiger partial charge is 0.309 e. The lowest BCUT2D eigenvalue weighted by atomic mass is 9.99. The average molecular weight is 343 g/mol. The number of nitrogens with one attached hydrogen (secondary N) is 1. The number of halogens is 2. The topological polar surface area (TPSA) is 15.3 Å². The molecule has 0 aliphatic carbocycles. The molecule has 1 N–H and O–H groups in total. The van der Waals surface area contributed by atoms with Crippen LogP contribution in [0.5, 0.6) is 0 Å². The van der Waals surface area contributed by atoms with E-state index in [0.29, 0.717) is 0 Å². The number of hydrogen-bond donors (Lipinski definition) is 1. The van der Waals surface area contributed by atoms with E-state index in [1.165, 1.54) is 32.0 Å². The lowest BCUT2D eigenvalue weighted by molar-refractivity contribution is 0.191. The first-order chi connectivity index (χ1) is 9.56. The second kappa shape index (κ2) is 7.53. The highest BCUT2D eigenvalue weighted by molar-refractivity contribution is 9.10. The van der Waals surface area contributed by atoms with Gasteiger partial charge in [0.2, 0.25) is 0 Å². The molecule has 4 heteroatoms. The van der Waals surface area contributed by atoms with E-state index in [-0.39, 0.29) is 11.9 Å². The van der Waals surface area contributed by atoms with Crippen LogP contribution in [-0.2, 0) is 0 Å². The number of piperidine rings is 1. The summed E-state index contributed by atoms with van der Waals surface area (Å²) in [6.07, 6.45) is 2.60. The summed E-state index contributed by atoms with van der Waals surface area (Å²) in [5, 5.41) is 3.42. The van der Waals surface area contributed by atoms with Crippen molar-refractivity contribution in [3.05, 3.63) is 34.1 Å². The maximum atomic E-state index is 13.8. The van der Waals surface area contributed by atoms with Crippen molar-refractivity contribution in [2.75, 3.05) is 26.2 Å². The van der Waals surface area contributed by atoms with Crippen LogP contribution in [0.15, 0.2) is 22.7 Å².